The number of aliphatic hydroxyl groups excluding tert-OH is 1. The summed E-state index contributed by atoms with van der Waals surface area (Å²) in [6.45, 7) is 5.96. The summed E-state index contributed by atoms with van der Waals surface area (Å²) in [6, 6.07) is 34.9. The monoisotopic (exact) mass is 893 g/mol. The molecule has 3 saturated heterocycles. The van der Waals surface area contributed by atoms with Gasteiger partial charge in [0.1, 0.15) is 24.2 Å². The average Bonchev–Trinajstić information content (AvgIpc) is 3.33. The lowest BCUT2D eigenvalue weighted by molar-refractivity contribution is -0.0336. The highest BCUT2D eigenvalue weighted by Crippen LogP contribution is 2.32. The fourth-order valence-electron chi connectivity index (χ4n) is 9.14. The van der Waals surface area contributed by atoms with E-state index in [0.29, 0.717) is 59.8 Å². The fraction of sp³-hybridized carbons (Fsp3) is 0.308. The summed E-state index contributed by atoms with van der Waals surface area (Å²) in [4.78, 5) is 58.3. The van der Waals surface area contributed by atoms with E-state index in [9.17, 15) is 34.5 Å². The molecule has 2 bridgehead atoms. The van der Waals surface area contributed by atoms with E-state index in [1.54, 1.807) is 47.4 Å². The van der Waals surface area contributed by atoms with Crippen LogP contribution in [-0.2, 0) is 24.3 Å². The number of phenolic OH excluding ortho intramolecular Hbond substituents is 1. The number of amides is 2. The van der Waals surface area contributed by atoms with Crippen molar-refractivity contribution in [2.75, 3.05) is 39.3 Å². The largest absolute Gasteiger partial charge is 0.506 e. The Morgan fingerprint density at radius 2 is 1.64 bits per heavy atom. The molecule has 0 unspecified atom stereocenters. The van der Waals surface area contributed by atoms with E-state index >= 15 is 0 Å². The summed E-state index contributed by atoms with van der Waals surface area (Å²) in [5.41, 5.74) is 4.76. The maximum absolute atomic E-state index is 14.0. The Balaban J connectivity index is 0.903. The second-order valence-corrected chi connectivity index (χ2v) is 17.0. The molecule has 14 nitrogen and oxygen atoms in total. The Morgan fingerprint density at radius 3 is 2.39 bits per heavy atom. The molecule has 3 aliphatic rings. The lowest BCUT2D eigenvalue weighted by Crippen LogP contribution is -2.52. The van der Waals surface area contributed by atoms with Crippen molar-refractivity contribution in [3.63, 3.8) is 0 Å². The molecule has 3 atom stereocenters. The second-order valence-electron chi connectivity index (χ2n) is 17.0. The van der Waals surface area contributed by atoms with Crippen LogP contribution < -0.4 is 20.9 Å². The number of fused-ring (bicyclic) bond motifs is 4. The number of H-pyrrole nitrogens is 1. The lowest BCUT2D eigenvalue weighted by Gasteiger charge is -2.43. The maximum Gasteiger partial charge on any atom is 0.408 e. The zero-order chi connectivity index (χ0) is 46.2. The van der Waals surface area contributed by atoms with E-state index in [1.165, 1.54) is 12.1 Å². The summed E-state index contributed by atoms with van der Waals surface area (Å²) < 4.78 is 12.2. The smallest absolute Gasteiger partial charge is 0.408 e. The Bertz CT molecular complexity index is 2740. The summed E-state index contributed by atoms with van der Waals surface area (Å²) in [5.74, 6) is -0.464. The van der Waals surface area contributed by atoms with Gasteiger partial charge in [-0.1, -0.05) is 78.9 Å². The first-order valence-electron chi connectivity index (χ1n) is 22.5. The molecule has 0 saturated carbocycles. The van der Waals surface area contributed by atoms with Crippen molar-refractivity contribution in [1.82, 2.24) is 25.4 Å². The van der Waals surface area contributed by atoms with Gasteiger partial charge in [0.15, 0.2) is 0 Å². The van der Waals surface area contributed by atoms with E-state index in [2.05, 4.69) is 20.5 Å². The van der Waals surface area contributed by atoms with Gasteiger partial charge in [0, 0.05) is 55.3 Å². The number of rotatable bonds is 18. The van der Waals surface area contributed by atoms with Gasteiger partial charge in [-0.15, -0.1) is 0 Å². The highest BCUT2D eigenvalue weighted by Gasteiger charge is 2.37. The van der Waals surface area contributed by atoms with Gasteiger partial charge in [-0.2, -0.15) is 0 Å². The molecule has 1 aromatic heterocycles. The van der Waals surface area contributed by atoms with Crippen LogP contribution in [0.4, 0.5) is 4.79 Å². The number of likely N-dealkylation sites (N-methyl/N-ethyl adjacent to an activating group) is 1. The molecule has 14 heteroatoms. The Morgan fingerprint density at radius 1 is 0.864 bits per heavy atom. The molecule has 0 radical (unpaired) electrons. The number of piperidine rings is 3. The van der Waals surface area contributed by atoms with E-state index in [1.807, 2.05) is 73.7 Å². The van der Waals surface area contributed by atoms with Gasteiger partial charge < -0.3 is 45.3 Å². The Hall–Kier alpha value is -7.00. The lowest BCUT2D eigenvalue weighted by atomic mass is 9.86. The van der Waals surface area contributed by atoms with Crippen molar-refractivity contribution in [2.45, 2.75) is 57.6 Å². The second kappa shape index (κ2) is 20.9. The minimum absolute atomic E-state index is 0.0298. The number of carboxylic acids is 1. The molecular weight excluding hydrogens is 839 g/mol. The van der Waals surface area contributed by atoms with Crippen molar-refractivity contribution in [1.29, 1.82) is 0 Å². The number of aliphatic hydroxyl groups is 1. The number of nitrogens with one attached hydrogen (secondary N) is 3. The first-order chi connectivity index (χ1) is 32.0. The number of aromatic nitrogens is 1. The van der Waals surface area contributed by atoms with Gasteiger partial charge in [-0.3, -0.25) is 14.5 Å². The number of aromatic hydroxyl groups is 1. The number of carbonyl (C=O) groups excluding carboxylic acids is 2. The number of carbonyl (C=O) groups is 3. The van der Waals surface area contributed by atoms with Crippen LogP contribution in [0.15, 0.2) is 126 Å². The summed E-state index contributed by atoms with van der Waals surface area (Å²) in [7, 11) is 0. The van der Waals surface area contributed by atoms with Gasteiger partial charge in [0.2, 0.25) is 5.56 Å². The minimum atomic E-state index is -1.08. The molecule has 0 spiro atoms. The third kappa shape index (κ3) is 10.7. The zero-order valence-electron chi connectivity index (χ0n) is 36.8. The quantitative estimate of drug-likeness (QED) is 0.0523. The molecular formula is C52H55N5O9. The molecule has 9 rings (SSSR count). The van der Waals surface area contributed by atoms with Crippen LogP contribution in [0.5, 0.6) is 11.5 Å². The topological polar surface area (TPSA) is 194 Å². The van der Waals surface area contributed by atoms with Gasteiger partial charge in [0.05, 0.1) is 23.2 Å². The van der Waals surface area contributed by atoms with Gasteiger partial charge in [0.25, 0.3) is 5.91 Å². The number of pyridine rings is 1. The van der Waals surface area contributed by atoms with E-state index < -0.39 is 24.2 Å². The molecule has 342 valence electrons. The van der Waals surface area contributed by atoms with Crippen LogP contribution in [0.3, 0.4) is 0 Å². The van der Waals surface area contributed by atoms with Crippen molar-refractivity contribution in [2.24, 2.45) is 5.92 Å². The van der Waals surface area contributed by atoms with Crippen LogP contribution in [0.25, 0.3) is 10.9 Å². The summed E-state index contributed by atoms with van der Waals surface area (Å²) in [6.07, 6.45) is 0.937. The predicted octanol–water partition coefficient (Wildman–Crippen LogP) is 6.95. The average molecular weight is 894 g/mol. The normalized spacial score (nSPS) is 17.5. The number of carboxylic acid groups (broad SMARTS) is 1. The molecule has 66 heavy (non-hydrogen) atoms. The first kappa shape index (κ1) is 45.6. The van der Waals surface area contributed by atoms with Crippen LogP contribution in [0, 0.1) is 5.92 Å². The molecule has 3 fully saturated rings. The first-order valence-corrected chi connectivity index (χ1v) is 22.5. The van der Waals surface area contributed by atoms with E-state index in [4.69, 9.17) is 9.47 Å². The van der Waals surface area contributed by atoms with Crippen molar-refractivity contribution < 1.29 is 39.2 Å². The predicted molar refractivity (Wildman–Crippen MR) is 250 cm³/mol. The third-order valence-electron chi connectivity index (χ3n) is 12.7. The molecule has 6 N–H and O–H groups in total. The van der Waals surface area contributed by atoms with Crippen LogP contribution in [-0.4, -0.2) is 93.4 Å². The number of alkyl carbamates (subject to hydrolysis) is 1. The number of aromatic amines is 1. The zero-order valence-corrected chi connectivity index (χ0v) is 36.8. The Kier molecular flexibility index (Phi) is 14.4. The van der Waals surface area contributed by atoms with E-state index in [0.717, 1.165) is 54.7 Å². The Labute approximate surface area is 382 Å². The van der Waals surface area contributed by atoms with Crippen molar-refractivity contribution in [3.8, 4) is 11.5 Å². The number of benzene rings is 5. The standard InChI is InChI=1S/C52H55N5O9/c1-2-57(50(61)40-14-7-6-11-37(40)29-53-30-45(59)42-17-19-44(58)49-43(42)18-20-47(60)54-49)26-21-33-15-16-41(51(62)63)38(27-33)32-65-39-13-8-12-36(28-39)48(35-9-4-3-5-10-35)55-52(64)66-46-31-56-24-22-34(46)23-25-56/h3-20,27-28,34,45-46,48,53,58-59H,2,21-26,29-32H2,1H3,(H,54,60)(H,55,64)(H,62,63)/t45-,46-,48-/m0/s1. The maximum atomic E-state index is 14.0. The minimum Gasteiger partial charge on any atom is -0.506 e. The third-order valence-corrected chi connectivity index (χ3v) is 12.7. The number of hydrogen-bond acceptors (Lipinski definition) is 10. The molecule has 0 aliphatic carbocycles. The number of ether oxygens (including phenoxy) is 2. The number of phenols is 1. The number of aromatic carboxylic acids is 1. The molecule has 3 aliphatic heterocycles. The van der Waals surface area contributed by atoms with Crippen molar-refractivity contribution in [3.05, 3.63) is 176 Å². The summed E-state index contributed by atoms with van der Waals surface area (Å²) >= 11 is 0. The molecule has 5 aromatic carbocycles. The SMILES string of the molecule is CCN(CCc1ccc(C(=O)O)c(COc2cccc([C@@H](NC(=O)O[C@H]3CN4CCC3CC4)c3ccccc3)c2)c1)C(=O)c1ccccc1CNC[C@H](O)c1ccc(O)c2[nH]c(=O)ccc12. The van der Waals surface area contributed by atoms with Crippen LogP contribution in [0.1, 0.15) is 86.0 Å². The highest BCUT2D eigenvalue weighted by molar-refractivity contribution is 5.95. The summed E-state index contributed by atoms with van der Waals surface area (Å²) in [5, 5.41) is 38.3. The van der Waals surface area contributed by atoms with Crippen LogP contribution >= 0.6 is 0 Å². The number of nitrogens with zero attached hydrogens (tertiary/aromatic N) is 2. The highest BCUT2D eigenvalue weighted by atomic mass is 16.6. The fourth-order valence-corrected chi connectivity index (χ4v) is 9.14. The molecule has 2 amide bonds. The van der Waals surface area contributed by atoms with E-state index in [-0.39, 0.29) is 47.6 Å². The molecule has 4 heterocycles. The van der Waals surface area contributed by atoms with Crippen LogP contribution in [0.2, 0.25) is 0 Å². The number of hydrogen-bond donors (Lipinski definition) is 6. The van der Waals surface area contributed by atoms with Gasteiger partial charge in [-0.05, 0) is 109 Å². The van der Waals surface area contributed by atoms with Crippen molar-refractivity contribution >= 4 is 28.9 Å². The van der Waals surface area contributed by atoms with Gasteiger partial charge in [-0.25, -0.2) is 9.59 Å². The van der Waals surface area contributed by atoms with Gasteiger partial charge >= 0.3 is 12.1 Å². The molecule has 6 aromatic rings.